The lowest BCUT2D eigenvalue weighted by Gasteiger charge is -2.11. The molecule has 3 rings (SSSR count). The summed E-state index contributed by atoms with van der Waals surface area (Å²) in [5.41, 5.74) is 1.62. The van der Waals surface area contributed by atoms with Crippen molar-refractivity contribution in [2.24, 2.45) is 0 Å². The first kappa shape index (κ1) is 18.4. The quantitative estimate of drug-likeness (QED) is 0.542. The van der Waals surface area contributed by atoms with Crippen LogP contribution in [0.5, 0.6) is 0 Å². The van der Waals surface area contributed by atoms with E-state index in [0.29, 0.717) is 16.7 Å². The zero-order valence-electron chi connectivity index (χ0n) is 13.9. The average Bonchev–Trinajstić information content (AvgIpc) is 3.09. The summed E-state index contributed by atoms with van der Waals surface area (Å²) >= 11 is 9.49. The van der Waals surface area contributed by atoms with Crippen molar-refractivity contribution >= 4 is 39.5 Å². The van der Waals surface area contributed by atoms with Crippen LogP contribution in [0.25, 0.3) is 17.5 Å². The van der Waals surface area contributed by atoms with E-state index < -0.39 is 0 Å². The number of amides is 1. The summed E-state index contributed by atoms with van der Waals surface area (Å²) in [4.78, 5) is 18.1. The molecule has 0 aliphatic carbocycles. The summed E-state index contributed by atoms with van der Waals surface area (Å²) in [6.07, 6.45) is 3.15. The first-order valence-corrected chi connectivity index (χ1v) is 8.96. The number of hydrogen-bond acceptors (Lipinski definition) is 4. The first-order chi connectivity index (χ1) is 12.5. The van der Waals surface area contributed by atoms with Crippen LogP contribution >= 0.6 is 27.5 Å². The zero-order valence-corrected chi connectivity index (χ0v) is 16.2. The molecule has 0 saturated carbocycles. The van der Waals surface area contributed by atoms with E-state index >= 15 is 0 Å². The molecule has 3 aromatic rings. The third-order valence-electron chi connectivity index (χ3n) is 3.61. The highest BCUT2D eigenvalue weighted by atomic mass is 79.9. The van der Waals surface area contributed by atoms with Gasteiger partial charge in [-0.2, -0.15) is 4.98 Å². The number of benzene rings is 2. The van der Waals surface area contributed by atoms with Crippen molar-refractivity contribution in [1.29, 1.82) is 0 Å². The highest BCUT2D eigenvalue weighted by Crippen LogP contribution is 2.21. The predicted molar refractivity (Wildman–Crippen MR) is 104 cm³/mol. The monoisotopic (exact) mass is 431 g/mol. The van der Waals surface area contributed by atoms with Crippen molar-refractivity contribution in [1.82, 2.24) is 15.0 Å². The molecule has 0 saturated heterocycles. The second-order valence-corrected chi connectivity index (χ2v) is 6.89. The molecule has 0 bridgehead atoms. The smallest absolute Gasteiger partial charge is 0.246 e. The molecule has 0 aliphatic heterocycles. The maximum Gasteiger partial charge on any atom is 0.246 e. The zero-order chi connectivity index (χ0) is 18.5. The number of halogens is 2. The van der Waals surface area contributed by atoms with Crippen LogP contribution in [-0.2, 0) is 11.3 Å². The Morgan fingerprint density at radius 3 is 2.85 bits per heavy atom. The van der Waals surface area contributed by atoms with Crippen molar-refractivity contribution in [3.8, 4) is 11.4 Å². The fourth-order valence-corrected chi connectivity index (χ4v) is 2.84. The van der Waals surface area contributed by atoms with E-state index in [1.165, 1.54) is 11.0 Å². The molecule has 0 N–H and O–H groups in total. The fourth-order valence-electron chi connectivity index (χ4n) is 2.24. The second kappa shape index (κ2) is 8.29. The van der Waals surface area contributed by atoms with Gasteiger partial charge in [0.2, 0.25) is 17.6 Å². The molecule has 26 heavy (non-hydrogen) atoms. The van der Waals surface area contributed by atoms with Crippen molar-refractivity contribution in [3.63, 3.8) is 0 Å². The number of carbonyl (C=O) groups excluding carboxylic acids is 1. The first-order valence-electron chi connectivity index (χ1n) is 7.79. The molecule has 2 aromatic carbocycles. The Hall–Kier alpha value is -2.44. The standard InChI is InChI=1S/C19H15BrClN3O2/c1-24(18(25)10-9-13-5-2-3-8-16(13)21)12-17-22-19(23-26-17)14-6-4-7-15(20)11-14/h2-11H,12H2,1H3/b10-9+. The molecule has 132 valence electrons. The van der Waals surface area contributed by atoms with Gasteiger partial charge in [0.15, 0.2) is 0 Å². The van der Waals surface area contributed by atoms with E-state index in [1.807, 2.05) is 42.5 Å². The Bertz CT molecular complexity index is 955. The number of rotatable bonds is 5. The molecule has 0 radical (unpaired) electrons. The minimum Gasteiger partial charge on any atom is -0.337 e. The number of nitrogens with zero attached hydrogens (tertiary/aromatic N) is 3. The van der Waals surface area contributed by atoms with Crippen LogP contribution in [0.4, 0.5) is 0 Å². The SMILES string of the molecule is CN(Cc1nc(-c2cccc(Br)c2)no1)C(=O)/C=C/c1ccccc1Cl. The van der Waals surface area contributed by atoms with E-state index in [2.05, 4.69) is 26.1 Å². The maximum atomic E-state index is 12.3. The fraction of sp³-hybridized carbons (Fsp3) is 0.105. The number of aromatic nitrogens is 2. The average molecular weight is 433 g/mol. The largest absolute Gasteiger partial charge is 0.337 e. The van der Waals surface area contributed by atoms with Gasteiger partial charge in [-0.05, 0) is 29.8 Å². The summed E-state index contributed by atoms with van der Waals surface area (Å²) < 4.78 is 6.18. The van der Waals surface area contributed by atoms with Crippen LogP contribution in [0.2, 0.25) is 5.02 Å². The Morgan fingerprint density at radius 2 is 2.08 bits per heavy atom. The number of hydrogen-bond donors (Lipinski definition) is 0. The Balaban J connectivity index is 1.65. The summed E-state index contributed by atoms with van der Waals surface area (Å²) in [6.45, 7) is 0.215. The van der Waals surface area contributed by atoms with Crippen molar-refractivity contribution in [2.75, 3.05) is 7.05 Å². The molecule has 0 spiro atoms. The number of likely N-dealkylation sites (N-methyl/N-ethyl adjacent to an activating group) is 1. The van der Waals surface area contributed by atoms with E-state index in [0.717, 1.165) is 15.6 Å². The van der Waals surface area contributed by atoms with Crippen LogP contribution in [0.15, 0.2) is 63.6 Å². The van der Waals surface area contributed by atoms with E-state index in [9.17, 15) is 4.79 Å². The molecular formula is C19H15BrClN3O2. The molecule has 0 fully saturated rings. The van der Waals surface area contributed by atoms with Crippen LogP contribution in [0, 0.1) is 0 Å². The minimum absolute atomic E-state index is 0.188. The second-order valence-electron chi connectivity index (χ2n) is 5.57. The lowest BCUT2D eigenvalue weighted by atomic mass is 10.2. The third kappa shape index (κ3) is 4.59. The lowest BCUT2D eigenvalue weighted by molar-refractivity contribution is -0.125. The minimum atomic E-state index is -0.188. The van der Waals surface area contributed by atoms with Gasteiger partial charge in [0.1, 0.15) is 0 Å². The summed E-state index contributed by atoms with van der Waals surface area (Å²) in [5, 5.41) is 4.56. The van der Waals surface area contributed by atoms with Gasteiger partial charge in [-0.15, -0.1) is 0 Å². The maximum absolute atomic E-state index is 12.3. The highest BCUT2D eigenvalue weighted by Gasteiger charge is 2.13. The molecule has 1 heterocycles. The summed E-state index contributed by atoms with van der Waals surface area (Å²) in [6, 6.07) is 14.9. The van der Waals surface area contributed by atoms with Crippen molar-refractivity contribution in [2.45, 2.75) is 6.54 Å². The molecule has 0 atom stereocenters. The van der Waals surface area contributed by atoms with Gasteiger partial charge in [0, 0.05) is 28.2 Å². The van der Waals surface area contributed by atoms with Gasteiger partial charge in [0.25, 0.3) is 0 Å². The van der Waals surface area contributed by atoms with E-state index in [-0.39, 0.29) is 12.5 Å². The van der Waals surface area contributed by atoms with Crippen molar-refractivity contribution < 1.29 is 9.32 Å². The van der Waals surface area contributed by atoms with Crippen molar-refractivity contribution in [3.05, 3.63) is 75.6 Å². The molecular weight excluding hydrogens is 418 g/mol. The number of carbonyl (C=O) groups is 1. The molecule has 5 nitrogen and oxygen atoms in total. The third-order valence-corrected chi connectivity index (χ3v) is 4.45. The molecule has 1 amide bonds. The predicted octanol–water partition coefficient (Wildman–Crippen LogP) is 4.82. The van der Waals surface area contributed by atoms with Gasteiger partial charge in [-0.25, -0.2) is 0 Å². The molecule has 1 aromatic heterocycles. The Kier molecular flexibility index (Phi) is 5.85. The summed E-state index contributed by atoms with van der Waals surface area (Å²) in [5.74, 6) is 0.655. The van der Waals surface area contributed by atoms with Crippen LogP contribution in [-0.4, -0.2) is 28.0 Å². The molecule has 0 unspecified atom stereocenters. The van der Waals surface area contributed by atoms with Crippen LogP contribution in [0.3, 0.4) is 0 Å². The van der Waals surface area contributed by atoms with Gasteiger partial charge in [-0.1, -0.05) is 63.0 Å². The normalized spacial score (nSPS) is 11.0. The lowest BCUT2D eigenvalue weighted by Crippen LogP contribution is -2.24. The molecule has 0 aliphatic rings. The molecule has 7 heteroatoms. The van der Waals surface area contributed by atoms with E-state index in [4.69, 9.17) is 16.1 Å². The van der Waals surface area contributed by atoms with Gasteiger partial charge in [0.05, 0.1) is 6.54 Å². The van der Waals surface area contributed by atoms with Gasteiger partial charge < -0.3 is 9.42 Å². The van der Waals surface area contributed by atoms with Crippen LogP contribution in [0.1, 0.15) is 11.5 Å². The highest BCUT2D eigenvalue weighted by molar-refractivity contribution is 9.10. The Labute approximate surface area is 164 Å². The van der Waals surface area contributed by atoms with Gasteiger partial charge in [-0.3, -0.25) is 4.79 Å². The van der Waals surface area contributed by atoms with E-state index in [1.54, 1.807) is 19.2 Å². The van der Waals surface area contributed by atoms with Gasteiger partial charge >= 0.3 is 0 Å². The van der Waals surface area contributed by atoms with Crippen LogP contribution < -0.4 is 0 Å². The summed E-state index contributed by atoms with van der Waals surface area (Å²) in [7, 11) is 1.67. The topological polar surface area (TPSA) is 59.2 Å². The Morgan fingerprint density at radius 1 is 1.27 bits per heavy atom.